The van der Waals surface area contributed by atoms with E-state index in [0.717, 1.165) is 12.8 Å². The first-order valence-corrected chi connectivity index (χ1v) is 11.7. The van der Waals surface area contributed by atoms with Gasteiger partial charge in [0.15, 0.2) is 5.11 Å². The number of carbonyl (C=O) groups is 3. The Morgan fingerprint density at radius 3 is 2.47 bits per heavy atom. The number of nitrogens with one attached hydrogen (secondary N) is 1. The first-order valence-electron chi connectivity index (χ1n) is 10.9. The lowest BCUT2D eigenvalue weighted by Gasteiger charge is -2.23. The second kappa shape index (κ2) is 9.99. The van der Waals surface area contributed by atoms with Crippen LogP contribution >= 0.6 is 23.8 Å². The van der Waals surface area contributed by atoms with Crippen molar-refractivity contribution >= 4 is 58.1 Å². The van der Waals surface area contributed by atoms with Crippen LogP contribution in [0.5, 0.6) is 5.75 Å². The number of halogens is 1. The number of esters is 1. The van der Waals surface area contributed by atoms with E-state index in [2.05, 4.69) is 5.32 Å². The van der Waals surface area contributed by atoms with Gasteiger partial charge in [-0.15, -0.1) is 0 Å². The number of nitrogens with zero attached hydrogens (tertiary/aromatic N) is 2. The molecule has 2 aromatic carbocycles. The Labute approximate surface area is 207 Å². The van der Waals surface area contributed by atoms with Crippen LogP contribution in [0.25, 0.3) is 0 Å². The van der Waals surface area contributed by atoms with Crippen molar-refractivity contribution in [3.05, 3.63) is 53.1 Å². The Balaban J connectivity index is 1.48. The molecular weight excluding hydrogens is 478 g/mol. The lowest BCUT2D eigenvalue weighted by molar-refractivity contribution is -0.124. The van der Waals surface area contributed by atoms with Crippen LogP contribution in [0.4, 0.5) is 11.4 Å². The molecule has 1 aliphatic heterocycles. The number of methoxy groups -OCH3 is 1. The van der Waals surface area contributed by atoms with E-state index in [-0.39, 0.29) is 30.9 Å². The van der Waals surface area contributed by atoms with Gasteiger partial charge in [-0.3, -0.25) is 14.5 Å². The molecule has 8 nitrogen and oxygen atoms in total. The van der Waals surface area contributed by atoms with Gasteiger partial charge >= 0.3 is 5.97 Å². The van der Waals surface area contributed by atoms with Gasteiger partial charge in [0.25, 0.3) is 5.91 Å². The highest BCUT2D eigenvalue weighted by Crippen LogP contribution is 2.38. The summed E-state index contributed by atoms with van der Waals surface area (Å²) in [4.78, 5) is 41.3. The van der Waals surface area contributed by atoms with Crippen LogP contribution in [0.15, 0.2) is 42.5 Å². The number of carbonyl (C=O) groups excluding carboxylic acids is 3. The third-order valence-electron chi connectivity index (χ3n) is 5.65. The highest BCUT2D eigenvalue weighted by molar-refractivity contribution is 7.80. The minimum atomic E-state index is -0.709. The molecule has 0 radical (unpaired) electrons. The smallest absolute Gasteiger partial charge is 0.338 e. The zero-order valence-corrected chi connectivity index (χ0v) is 20.3. The number of thiocarbonyl (C=S) groups is 1. The lowest BCUT2D eigenvalue weighted by atomic mass is 10.1. The van der Waals surface area contributed by atoms with Gasteiger partial charge in [-0.1, -0.05) is 11.6 Å². The molecule has 34 heavy (non-hydrogen) atoms. The van der Waals surface area contributed by atoms with Gasteiger partial charge in [-0.05, 0) is 74.4 Å². The van der Waals surface area contributed by atoms with Crippen LogP contribution in [0.2, 0.25) is 5.02 Å². The first-order chi connectivity index (χ1) is 16.3. The third kappa shape index (κ3) is 4.85. The van der Waals surface area contributed by atoms with Crippen LogP contribution in [0, 0.1) is 0 Å². The highest BCUT2D eigenvalue weighted by Gasteiger charge is 2.49. The molecule has 1 aliphatic carbocycles. The predicted octanol–water partition coefficient (Wildman–Crippen LogP) is 4.02. The van der Waals surface area contributed by atoms with Crippen LogP contribution in [-0.2, 0) is 14.3 Å². The van der Waals surface area contributed by atoms with E-state index in [0.29, 0.717) is 32.8 Å². The Kier molecular flexibility index (Phi) is 7.04. The largest absolute Gasteiger partial charge is 0.495 e. The Hall–Kier alpha value is -3.17. The molecule has 2 amide bonds. The molecule has 1 heterocycles. The summed E-state index contributed by atoms with van der Waals surface area (Å²) in [7, 11) is 1.51. The van der Waals surface area contributed by atoms with Gasteiger partial charge in [-0.2, -0.15) is 0 Å². The second-order valence-electron chi connectivity index (χ2n) is 7.98. The molecule has 2 aromatic rings. The number of hydrogen-bond donors (Lipinski definition) is 1. The second-order valence-corrected chi connectivity index (χ2v) is 8.75. The molecule has 1 saturated carbocycles. The van der Waals surface area contributed by atoms with E-state index in [1.165, 1.54) is 12.0 Å². The van der Waals surface area contributed by atoms with E-state index in [9.17, 15) is 14.4 Å². The molecule has 10 heteroatoms. The van der Waals surface area contributed by atoms with Crippen molar-refractivity contribution < 1.29 is 23.9 Å². The SMILES string of the molecule is CCOC(=O)c1ccc(NC(=O)CC2C(=O)N(c3ccc(OC)c(Cl)c3)C(=S)N2C2CC2)cc1. The fourth-order valence-electron chi connectivity index (χ4n) is 3.88. The molecule has 4 rings (SSSR count). The number of benzene rings is 2. The molecule has 0 spiro atoms. The summed E-state index contributed by atoms with van der Waals surface area (Å²) in [5.41, 5.74) is 1.44. The topological polar surface area (TPSA) is 88.2 Å². The first kappa shape index (κ1) is 24.0. The van der Waals surface area contributed by atoms with Crippen molar-refractivity contribution in [2.75, 3.05) is 23.9 Å². The summed E-state index contributed by atoms with van der Waals surface area (Å²) < 4.78 is 10.2. The molecule has 1 unspecified atom stereocenters. The predicted molar refractivity (Wildman–Crippen MR) is 132 cm³/mol. The Bertz CT molecular complexity index is 1140. The normalized spacial score (nSPS) is 17.7. The van der Waals surface area contributed by atoms with E-state index in [1.807, 2.05) is 4.90 Å². The quantitative estimate of drug-likeness (QED) is 0.431. The fourth-order valence-corrected chi connectivity index (χ4v) is 4.61. The standard InChI is InChI=1S/C24H24ClN3O5S/c1-3-33-23(31)14-4-6-15(7-5-14)26-21(29)13-19-22(30)28(24(34)27(19)16-8-9-16)17-10-11-20(32-2)18(25)12-17/h4-7,10-12,16,19H,3,8-9,13H2,1-2H3,(H,26,29). The number of rotatable bonds is 8. The summed E-state index contributed by atoms with van der Waals surface area (Å²) in [5, 5.41) is 3.52. The lowest BCUT2D eigenvalue weighted by Crippen LogP contribution is -2.39. The molecular formula is C24H24ClN3O5S. The summed E-state index contributed by atoms with van der Waals surface area (Å²) in [6.45, 7) is 2.02. The van der Waals surface area contributed by atoms with E-state index >= 15 is 0 Å². The van der Waals surface area contributed by atoms with Gasteiger partial charge in [-0.25, -0.2) is 4.79 Å². The third-order valence-corrected chi connectivity index (χ3v) is 6.33. The number of amides is 2. The van der Waals surface area contributed by atoms with E-state index < -0.39 is 12.0 Å². The monoisotopic (exact) mass is 501 g/mol. The molecule has 2 aliphatic rings. The van der Waals surface area contributed by atoms with E-state index in [4.69, 9.17) is 33.3 Å². The summed E-state index contributed by atoms with van der Waals surface area (Å²) in [6, 6.07) is 10.8. The van der Waals surface area contributed by atoms with E-state index in [1.54, 1.807) is 49.4 Å². The van der Waals surface area contributed by atoms with Gasteiger partial charge in [0, 0.05) is 11.7 Å². The fraction of sp³-hybridized carbons (Fsp3) is 0.333. The van der Waals surface area contributed by atoms with Crippen LogP contribution in [-0.4, -0.2) is 53.6 Å². The Morgan fingerprint density at radius 1 is 1.18 bits per heavy atom. The van der Waals surface area contributed by atoms with Gasteiger partial charge in [0.05, 0.1) is 36.4 Å². The number of ether oxygens (including phenoxy) is 2. The van der Waals surface area contributed by atoms with Gasteiger partial charge in [0.1, 0.15) is 11.8 Å². The maximum Gasteiger partial charge on any atom is 0.338 e. The molecule has 1 N–H and O–H groups in total. The summed E-state index contributed by atoms with van der Waals surface area (Å²) >= 11 is 11.9. The van der Waals surface area contributed by atoms with Crippen molar-refractivity contribution in [2.24, 2.45) is 0 Å². The van der Waals surface area contributed by atoms with Crippen molar-refractivity contribution in [1.82, 2.24) is 4.90 Å². The molecule has 178 valence electrons. The molecule has 0 aromatic heterocycles. The average molecular weight is 502 g/mol. The molecule has 1 saturated heterocycles. The zero-order chi connectivity index (χ0) is 24.4. The minimum Gasteiger partial charge on any atom is -0.495 e. The highest BCUT2D eigenvalue weighted by atomic mass is 35.5. The number of hydrogen-bond acceptors (Lipinski definition) is 6. The average Bonchev–Trinajstić information content (AvgIpc) is 3.61. The summed E-state index contributed by atoms with van der Waals surface area (Å²) in [5.74, 6) is -0.535. The Morgan fingerprint density at radius 2 is 1.88 bits per heavy atom. The van der Waals surface area contributed by atoms with Gasteiger partial charge in [0.2, 0.25) is 5.91 Å². The minimum absolute atomic E-state index is 0.0600. The van der Waals surface area contributed by atoms with Crippen molar-refractivity contribution in [3.63, 3.8) is 0 Å². The van der Waals surface area contributed by atoms with Crippen LogP contribution in [0.3, 0.4) is 0 Å². The summed E-state index contributed by atoms with van der Waals surface area (Å²) in [6.07, 6.45) is 1.77. The van der Waals surface area contributed by atoms with Crippen molar-refractivity contribution in [1.29, 1.82) is 0 Å². The van der Waals surface area contributed by atoms with Crippen molar-refractivity contribution in [2.45, 2.75) is 38.3 Å². The molecule has 0 bridgehead atoms. The molecule has 1 atom stereocenters. The van der Waals surface area contributed by atoms with Crippen LogP contribution in [0.1, 0.15) is 36.5 Å². The van der Waals surface area contributed by atoms with Crippen molar-refractivity contribution in [3.8, 4) is 5.75 Å². The van der Waals surface area contributed by atoms with Crippen LogP contribution < -0.4 is 15.0 Å². The number of anilines is 2. The maximum atomic E-state index is 13.4. The molecule has 2 fully saturated rings. The van der Waals surface area contributed by atoms with Gasteiger partial charge < -0.3 is 19.7 Å². The zero-order valence-electron chi connectivity index (χ0n) is 18.7. The maximum absolute atomic E-state index is 13.4.